The summed E-state index contributed by atoms with van der Waals surface area (Å²) in [6, 6.07) is 2.40. The first-order valence-corrected chi connectivity index (χ1v) is 6.14. The Kier molecular flexibility index (Phi) is 5.23. The minimum absolute atomic E-state index is 0.480. The highest BCUT2D eigenvalue weighted by Gasteiger charge is 2.03. The van der Waals surface area contributed by atoms with E-state index in [1.807, 2.05) is 13.0 Å². The summed E-state index contributed by atoms with van der Waals surface area (Å²) in [6.45, 7) is 8.66. The number of aromatic nitrogens is 2. The number of rotatable bonds is 6. The average molecular weight is 221 g/mol. The minimum Gasteiger partial charge on any atom is -0.368 e. The van der Waals surface area contributed by atoms with E-state index in [-0.39, 0.29) is 0 Å². The normalized spacial score (nSPS) is 12.8. The number of aryl methyl sites for hydroxylation is 1. The van der Waals surface area contributed by atoms with Crippen molar-refractivity contribution in [1.29, 1.82) is 0 Å². The molecule has 0 radical (unpaired) electrons. The van der Waals surface area contributed by atoms with E-state index in [0.29, 0.717) is 6.04 Å². The van der Waals surface area contributed by atoms with Gasteiger partial charge in [-0.3, -0.25) is 0 Å². The van der Waals surface area contributed by atoms with Crippen LogP contribution in [0, 0.1) is 12.8 Å². The SMILES string of the molecule is Cc1nccc(NC(C)CCCC(C)C)n1. The number of nitrogens with zero attached hydrogens (tertiary/aromatic N) is 2. The maximum absolute atomic E-state index is 4.33. The van der Waals surface area contributed by atoms with E-state index < -0.39 is 0 Å². The minimum atomic E-state index is 0.480. The van der Waals surface area contributed by atoms with Crippen LogP contribution in [0.3, 0.4) is 0 Å². The molecule has 0 aromatic carbocycles. The Bertz CT molecular complexity index is 310. The van der Waals surface area contributed by atoms with E-state index in [1.54, 1.807) is 6.20 Å². The van der Waals surface area contributed by atoms with E-state index in [4.69, 9.17) is 0 Å². The molecule has 1 unspecified atom stereocenters. The van der Waals surface area contributed by atoms with E-state index in [9.17, 15) is 0 Å². The van der Waals surface area contributed by atoms with Crippen LogP contribution in [0.1, 0.15) is 45.9 Å². The van der Waals surface area contributed by atoms with E-state index in [2.05, 4.69) is 36.1 Å². The number of anilines is 1. The van der Waals surface area contributed by atoms with E-state index >= 15 is 0 Å². The fraction of sp³-hybridized carbons (Fsp3) is 0.692. The Balaban J connectivity index is 2.31. The molecule has 1 atom stereocenters. The first-order chi connectivity index (χ1) is 7.58. The average Bonchev–Trinajstić information content (AvgIpc) is 2.16. The lowest BCUT2D eigenvalue weighted by molar-refractivity contribution is 0.520. The molecule has 1 N–H and O–H groups in total. The second-order valence-electron chi connectivity index (χ2n) is 4.86. The van der Waals surface area contributed by atoms with Crippen LogP contribution in [0.4, 0.5) is 5.82 Å². The van der Waals surface area contributed by atoms with Crippen molar-refractivity contribution in [2.75, 3.05) is 5.32 Å². The summed E-state index contributed by atoms with van der Waals surface area (Å²) in [4.78, 5) is 8.42. The smallest absolute Gasteiger partial charge is 0.129 e. The summed E-state index contributed by atoms with van der Waals surface area (Å²) >= 11 is 0. The van der Waals surface area contributed by atoms with Crippen molar-refractivity contribution in [3.05, 3.63) is 18.1 Å². The summed E-state index contributed by atoms with van der Waals surface area (Å²) in [5, 5.41) is 3.41. The molecule has 0 aliphatic carbocycles. The molecule has 1 rings (SSSR count). The molecule has 3 heteroatoms. The fourth-order valence-corrected chi connectivity index (χ4v) is 1.69. The second-order valence-corrected chi connectivity index (χ2v) is 4.86. The zero-order chi connectivity index (χ0) is 12.0. The topological polar surface area (TPSA) is 37.8 Å². The number of hydrogen-bond donors (Lipinski definition) is 1. The Labute approximate surface area is 98.7 Å². The van der Waals surface area contributed by atoms with Gasteiger partial charge in [0, 0.05) is 12.2 Å². The van der Waals surface area contributed by atoms with Gasteiger partial charge >= 0.3 is 0 Å². The molecule has 1 aromatic rings. The molecule has 90 valence electrons. The van der Waals surface area contributed by atoms with Gasteiger partial charge in [0.25, 0.3) is 0 Å². The third-order valence-electron chi connectivity index (χ3n) is 2.59. The Hall–Kier alpha value is -1.12. The van der Waals surface area contributed by atoms with Crippen LogP contribution in [0.15, 0.2) is 12.3 Å². The van der Waals surface area contributed by atoms with E-state index in [0.717, 1.165) is 17.6 Å². The van der Waals surface area contributed by atoms with Crippen molar-refractivity contribution in [3.8, 4) is 0 Å². The largest absolute Gasteiger partial charge is 0.368 e. The monoisotopic (exact) mass is 221 g/mol. The van der Waals surface area contributed by atoms with Crippen molar-refractivity contribution in [1.82, 2.24) is 9.97 Å². The van der Waals surface area contributed by atoms with Gasteiger partial charge in [0.2, 0.25) is 0 Å². The van der Waals surface area contributed by atoms with E-state index in [1.165, 1.54) is 19.3 Å². The van der Waals surface area contributed by atoms with Crippen LogP contribution < -0.4 is 5.32 Å². The van der Waals surface area contributed by atoms with Crippen molar-refractivity contribution in [2.24, 2.45) is 5.92 Å². The second kappa shape index (κ2) is 6.46. The van der Waals surface area contributed by atoms with Gasteiger partial charge in [-0.05, 0) is 32.3 Å². The van der Waals surface area contributed by atoms with Crippen molar-refractivity contribution >= 4 is 5.82 Å². The fourth-order valence-electron chi connectivity index (χ4n) is 1.69. The first-order valence-electron chi connectivity index (χ1n) is 6.14. The summed E-state index contributed by atoms with van der Waals surface area (Å²) in [6.07, 6.45) is 5.57. The molecule has 0 saturated carbocycles. The molecule has 0 amide bonds. The number of hydrogen-bond acceptors (Lipinski definition) is 3. The molecule has 0 spiro atoms. The molecule has 1 heterocycles. The lowest BCUT2D eigenvalue weighted by atomic mass is 10.0. The van der Waals surface area contributed by atoms with Crippen LogP contribution in [0.25, 0.3) is 0 Å². The summed E-state index contributed by atoms with van der Waals surface area (Å²) < 4.78 is 0. The molecular weight excluding hydrogens is 198 g/mol. The summed E-state index contributed by atoms with van der Waals surface area (Å²) in [7, 11) is 0. The zero-order valence-corrected chi connectivity index (χ0v) is 10.8. The predicted octanol–water partition coefficient (Wildman–Crippen LogP) is 3.41. The molecule has 0 saturated heterocycles. The van der Waals surface area contributed by atoms with Gasteiger partial charge in [0.15, 0.2) is 0 Å². The van der Waals surface area contributed by atoms with Gasteiger partial charge in [-0.1, -0.05) is 26.7 Å². The third-order valence-corrected chi connectivity index (χ3v) is 2.59. The van der Waals surface area contributed by atoms with Crippen LogP contribution in [0.2, 0.25) is 0 Å². The van der Waals surface area contributed by atoms with Crippen LogP contribution in [0.5, 0.6) is 0 Å². The van der Waals surface area contributed by atoms with Gasteiger partial charge < -0.3 is 5.32 Å². The Morgan fingerprint density at radius 3 is 2.62 bits per heavy atom. The van der Waals surface area contributed by atoms with Crippen LogP contribution in [-0.2, 0) is 0 Å². The standard InChI is InChI=1S/C13H23N3/c1-10(2)6-5-7-11(3)15-13-8-9-14-12(4)16-13/h8-11H,5-7H2,1-4H3,(H,14,15,16). The summed E-state index contributed by atoms with van der Waals surface area (Å²) in [5.41, 5.74) is 0. The van der Waals surface area contributed by atoms with Crippen molar-refractivity contribution in [2.45, 2.75) is 53.0 Å². The molecule has 1 aromatic heterocycles. The van der Waals surface area contributed by atoms with Gasteiger partial charge in [-0.2, -0.15) is 0 Å². The van der Waals surface area contributed by atoms with Gasteiger partial charge in [0.1, 0.15) is 11.6 Å². The quantitative estimate of drug-likeness (QED) is 0.800. The molecule has 0 aliphatic heterocycles. The van der Waals surface area contributed by atoms with Crippen molar-refractivity contribution in [3.63, 3.8) is 0 Å². The Morgan fingerprint density at radius 1 is 1.25 bits per heavy atom. The molecular formula is C13H23N3. The maximum atomic E-state index is 4.33. The van der Waals surface area contributed by atoms with Crippen LogP contribution >= 0.6 is 0 Å². The predicted molar refractivity (Wildman–Crippen MR) is 68.5 cm³/mol. The molecule has 0 aliphatic rings. The lowest BCUT2D eigenvalue weighted by Gasteiger charge is -2.15. The lowest BCUT2D eigenvalue weighted by Crippen LogP contribution is -2.16. The molecule has 16 heavy (non-hydrogen) atoms. The zero-order valence-electron chi connectivity index (χ0n) is 10.8. The summed E-state index contributed by atoms with van der Waals surface area (Å²) in [5.74, 6) is 2.55. The van der Waals surface area contributed by atoms with Crippen molar-refractivity contribution < 1.29 is 0 Å². The molecule has 3 nitrogen and oxygen atoms in total. The highest BCUT2D eigenvalue weighted by molar-refractivity contribution is 5.33. The van der Waals surface area contributed by atoms with Crippen LogP contribution in [-0.4, -0.2) is 16.0 Å². The van der Waals surface area contributed by atoms with Gasteiger partial charge in [-0.15, -0.1) is 0 Å². The Morgan fingerprint density at radius 2 is 2.00 bits per heavy atom. The molecule has 0 bridgehead atoms. The molecule has 0 fully saturated rings. The van der Waals surface area contributed by atoms with Gasteiger partial charge in [-0.25, -0.2) is 9.97 Å². The number of nitrogens with one attached hydrogen (secondary N) is 1. The maximum Gasteiger partial charge on any atom is 0.129 e. The highest BCUT2D eigenvalue weighted by atomic mass is 15.0. The third kappa shape index (κ3) is 5.10. The first kappa shape index (κ1) is 12.9. The highest BCUT2D eigenvalue weighted by Crippen LogP contribution is 2.11. The van der Waals surface area contributed by atoms with Gasteiger partial charge in [0.05, 0.1) is 0 Å².